The Labute approximate surface area is 158 Å². The Morgan fingerprint density at radius 1 is 1.07 bits per heavy atom. The van der Waals surface area contributed by atoms with Gasteiger partial charge in [0.1, 0.15) is 17.5 Å². The maximum absolute atomic E-state index is 12.7. The number of fused-ring (bicyclic) bond motifs is 1. The van der Waals surface area contributed by atoms with Crippen LogP contribution in [0.1, 0.15) is 12.5 Å². The second-order valence-corrected chi connectivity index (χ2v) is 6.29. The van der Waals surface area contributed by atoms with E-state index in [4.69, 9.17) is 9.47 Å². The smallest absolute Gasteiger partial charge is 0.319 e. The fraction of sp³-hybridized carbons (Fsp3) is 0.300. The van der Waals surface area contributed by atoms with Gasteiger partial charge in [0.25, 0.3) is 0 Å². The molecule has 7 nitrogen and oxygen atoms in total. The van der Waals surface area contributed by atoms with E-state index in [0.29, 0.717) is 23.7 Å². The van der Waals surface area contributed by atoms with Gasteiger partial charge in [-0.15, -0.1) is 0 Å². The van der Waals surface area contributed by atoms with Gasteiger partial charge in [-0.05, 0) is 25.0 Å². The van der Waals surface area contributed by atoms with E-state index in [9.17, 15) is 9.59 Å². The van der Waals surface area contributed by atoms with E-state index < -0.39 is 12.1 Å². The summed E-state index contributed by atoms with van der Waals surface area (Å²) in [5.41, 5.74) is 2.56. The third-order valence-corrected chi connectivity index (χ3v) is 4.48. The van der Waals surface area contributed by atoms with E-state index >= 15 is 0 Å². The molecule has 0 radical (unpaired) electrons. The maximum atomic E-state index is 12.7. The third kappa shape index (κ3) is 4.13. The Morgan fingerprint density at radius 2 is 1.74 bits per heavy atom. The molecule has 0 saturated heterocycles. The van der Waals surface area contributed by atoms with Gasteiger partial charge < -0.3 is 25.0 Å². The molecule has 1 atom stereocenters. The van der Waals surface area contributed by atoms with Gasteiger partial charge in [-0.3, -0.25) is 4.79 Å². The van der Waals surface area contributed by atoms with Crippen LogP contribution in [0.4, 0.5) is 16.2 Å². The zero-order chi connectivity index (χ0) is 19.4. The Hall–Kier alpha value is -3.22. The molecular formula is C20H23N3O4. The standard InChI is InChI=1S/C20H23N3O4/c1-13(19(24)23-9-8-14-6-4-5-7-18(14)23)21-20(25)22-15-10-16(26-2)12-17(11-15)27-3/h4-7,10-13H,8-9H2,1-3H3,(H2,21,22,25). The van der Waals surface area contributed by atoms with Crippen LogP contribution in [0, 0.1) is 0 Å². The number of hydrogen-bond acceptors (Lipinski definition) is 4. The zero-order valence-electron chi connectivity index (χ0n) is 15.6. The highest BCUT2D eigenvalue weighted by atomic mass is 16.5. The monoisotopic (exact) mass is 369 g/mol. The van der Waals surface area contributed by atoms with Crippen molar-refractivity contribution in [3.05, 3.63) is 48.0 Å². The first-order valence-electron chi connectivity index (χ1n) is 8.71. The number of nitrogens with one attached hydrogen (secondary N) is 2. The number of carbonyl (C=O) groups excluding carboxylic acids is 2. The fourth-order valence-electron chi connectivity index (χ4n) is 3.11. The number of ether oxygens (including phenoxy) is 2. The summed E-state index contributed by atoms with van der Waals surface area (Å²) in [6.07, 6.45) is 0.824. The van der Waals surface area contributed by atoms with Gasteiger partial charge in [0.05, 0.1) is 14.2 Å². The molecular weight excluding hydrogens is 346 g/mol. The molecule has 2 aromatic rings. The number of methoxy groups -OCH3 is 2. The third-order valence-electron chi connectivity index (χ3n) is 4.48. The zero-order valence-corrected chi connectivity index (χ0v) is 15.6. The van der Waals surface area contributed by atoms with Crippen molar-refractivity contribution in [2.24, 2.45) is 0 Å². The fourth-order valence-corrected chi connectivity index (χ4v) is 3.11. The molecule has 1 aliphatic heterocycles. The van der Waals surface area contributed by atoms with E-state index in [2.05, 4.69) is 10.6 Å². The molecule has 1 heterocycles. The van der Waals surface area contributed by atoms with Crippen molar-refractivity contribution in [2.75, 3.05) is 31.0 Å². The van der Waals surface area contributed by atoms with E-state index in [0.717, 1.165) is 17.7 Å². The molecule has 0 aliphatic carbocycles. The van der Waals surface area contributed by atoms with Crippen molar-refractivity contribution >= 4 is 23.3 Å². The largest absolute Gasteiger partial charge is 0.497 e. The minimum atomic E-state index is -0.663. The van der Waals surface area contributed by atoms with Crippen LogP contribution >= 0.6 is 0 Å². The SMILES string of the molecule is COc1cc(NC(=O)NC(C)C(=O)N2CCc3ccccc32)cc(OC)c1. The number of rotatable bonds is 5. The number of benzene rings is 2. The number of carbonyl (C=O) groups is 2. The molecule has 2 aromatic carbocycles. The van der Waals surface area contributed by atoms with Crippen LogP contribution in [0.25, 0.3) is 0 Å². The van der Waals surface area contributed by atoms with Crippen LogP contribution in [-0.2, 0) is 11.2 Å². The van der Waals surface area contributed by atoms with E-state index in [1.807, 2.05) is 24.3 Å². The molecule has 3 amide bonds. The highest BCUT2D eigenvalue weighted by molar-refractivity contribution is 6.01. The summed E-state index contributed by atoms with van der Waals surface area (Å²) < 4.78 is 10.4. The van der Waals surface area contributed by atoms with Crippen molar-refractivity contribution in [3.8, 4) is 11.5 Å². The molecule has 142 valence electrons. The Bertz CT molecular complexity index is 831. The van der Waals surface area contributed by atoms with Crippen LogP contribution in [0.5, 0.6) is 11.5 Å². The summed E-state index contributed by atoms with van der Waals surface area (Å²) in [7, 11) is 3.07. The van der Waals surface area contributed by atoms with Crippen LogP contribution in [0.2, 0.25) is 0 Å². The van der Waals surface area contributed by atoms with Crippen LogP contribution in [-0.4, -0.2) is 38.7 Å². The minimum absolute atomic E-state index is 0.140. The predicted octanol–water partition coefficient (Wildman–Crippen LogP) is 2.80. The Balaban J connectivity index is 1.63. The molecule has 1 unspecified atom stereocenters. The lowest BCUT2D eigenvalue weighted by Crippen LogP contribution is -2.47. The molecule has 2 N–H and O–H groups in total. The van der Waals surface area contributed by atoms with Crippen molar-refractivity contribution in [1.82, 2.24) is 5.32 Å². The number of para-hydroxylation sites is 1. The topological polar surface area (TPSA) is 79.9 Å². The summed E-state index contributed by atoms with van der Waals surface area (Å²) in [4.78, 5) is 26.8. The molecule has 0 aromatic heterocycles. The quantitative estimate of drug-likeness (QED) is 0.849. The van der Waals surface area contributed by atoms with Crippen molar-refractivity contribution in [3.63, 3.8) is 0 Å². The number of amides is 3. The predicted molar refractivity (Wildman–Crippen MR) is 104 cm³/mol. The molecule has 0 fully saturated rings. The molecule has 7 heteroatoms. The first-order chi connectivity index (χ1) is 13.0. The van der Waals surface area contributed by atoms with Gasteiger partial charge in [0.2, 0.25) is 5.91 Å². The summed E-state index contributed by atoms with van der Waals surface area (Å²) in [5, 5.41) is 5.39. The second kappa shape index (κ2) is 7.99. The van der Waals surface area contributed by atoms with Gasteiger partial charge in [-0.1, -0.05) is 18.2 Å². The van der Waals surface area contributed by atoms with Crippen molar-refractivity contribution in [1.29, 1.82) is 0 Å². The van der Waals surface area contributed by atoms with E-state index in [1.54, 1.807) is 30.0 Å². The molecule has 27 heavy (non-hydrogen) atoms. The highest BCUT2D eigenvalue weighted by Gasteiger charge is 2.28. The normalized spacial score (nSPS) is 13.5. The van der Waals surface area contributed by atoms with Gasteiger partial charge in [0.15, 0.2) is 0 Å². The first kappa shape index (κ1) is 18.6. The molecule has 1 aliphatic rings. The number of nitrogens with zero attached hydrogens (tertiary/aromatic N) is 1. The van der Waals surface area contributed by atoms with E-state index in [1.165, 1.54) is 14.2 Å². The van der Waals surface area contributed by atoms with Crippen LogP contribution in [0.3, 0.4) is 0 Å². The molecule has 0 spiro atoms. The first-order valence-corrected chi connectivity index (χ1v) is 8.71. The van der Waals surface area contributed by atoms with Crippen LogP contribution in [0.15, 0.2) is 42.5 Å². The summed E-state index contributed by atoms with van der Waals surface area (Å²) in [6, 6.07) is 11.7. The average Bonchev–Trinajstić information content (AvgIpc) is 3.10. The average molecular weight is 369 g/mol. The minimum Gasteiger partial charge on any atom is -0.497 e. The highest BCUT2D eigenvalue weighted by Crippen LogP contribution is 2.28. The lowest BCUT2D eigenvalue weighted by Gasteiger charge is -2.22. The maximum Gasteiger partial charge on any atom is 0.319 e. The number of hydrogen-bond donors (Lipinski definition) is 2. The summed E-state index contributed by atoms with van der Waals surface area (Å²) >= 11 is 0. The van der Waals surface area contributed by atoms with Crippen LogP contribution < -0.4 is 25.0 Å². The summed E-state index contributed by atoms with van der Waals surface area (Å²) in [5.74, 6) is 0.975. The number of urea groups is 1. The molecule has 0 bridgehead atoms. The molecule has 3 rings (SSSR count). The lowest BCUT2D eigenvalue weighted by molar-refractivity contribution is -0.119. The number of anilines is 2. The van der Waals surface area contributed by atoms with Crippen molar-refractivity contribution < 1.29 is 19.1 Å². The summed E-state index contributed by atoms with van der Waals surface area (Å²) in [6.45, 7) is 2.30. The van der Waals surface area contributed by atoms with Gasteiger partial charge in [0, 0.05) is 36.1 Å². The Morgan fingerprint density at radius 3 is 2.41 bits per heavy atom. The molecule has 0 saturated carbocycles. The Kier molecular flexibility index (Phi) is 5.49. The van der Waals surface area contributed by atoms with Crippen molar-refractivity contribution in [2.45, 2.75) is 19.4 Å². The van der Waals surface area contributed by atoms with Gasteiger partial charge in [-0.2, -0.15) is 0 Å². The lowest BCUT2D eigenvalue weighted by atomic mass is 10.2. The van der Waals surface area contributed by atoms with E-state index in [-0.39, 0.29) is 5.91 Å². The van der Waals surface area contributed by atoms with Gasteiger partial charge in [-0.25, -0.2) is 4.79 Å². The van der Waals surface area contributed by atoms with Gasteiger partial charge >= 0.3 is 6.03 Å². The second-order valence-electron chi connectivity index (χ2n) is 6.29.